The van der Waals surface area contributed by atoms with Crippen LogP contribution < -0.4 is 5.73 Å². The van der Waals surface area contributed by atoms with Crippen LogP contribution in [0.5, 0.6) is 0 Å². The molecule has 3 atom stereocenters. The van der Waals surface area contributed by atoms with Crippen molar-refractivity contribution >= 4 is 0 Å². The third-order valence-corrected chi connectivity index (χ3v) is 3.59. The zero-order valence-electron chi connectivity index (χ0n) is 6.06. The van der Waals surface area contributed by atoms with Gasteiger partial charge in [-0.2, -0.15) is 0 Å². The molecular weight excluding hydrogens is 110 g/mol. The lowest BCUT2D eigenvalue weighted by atomic mass is 9.60. The second-order valence-electron chi connectivity index (χ2n) is 3.94. The fourth-order valence-electron chi connectivity index (χ4n) is 2.55. The Labute approximate surface area is 56.6 Å². The molecule has 2 saturated carbocycles. The Morgan fingerprint density at radius 2 is 2.33 bits per heavy atom. The van der Waals surface area contributed by atoms with E-state index in [9.17, 15) is 0 Å². The molecule has 0 aliphatic heterocycles. The summed E-state index contributed by atoms with van der Waals surface area (Å²) in [5, 5.41) is 0. The molecule has 0 aromatic rings. The SMILES string of the molecule is CC12CCCC1CC2N. The van der Waals surface area contributed by atoms with E-state index in [2.05, 4.69) is 6.92 Å². The van der Waals surface area contributed by atoms with Gasteiger partial charge in [0, 0.05) is 6.04 Å². The molecule has 2 N–H and O–H groups in total. The van der Waals surface area contributed by atoms with Crippen LogP contribution in [0.1, 0.15) is 32.6 Å². The smallest absolute Gasteiger partial charge is 0.00984 e. The summed E-state index contributed by atoms with van der Waals surface area (Å²) >= 11 is 0. The molecular formula is C8H15N. The van der Waals surface area contributed by atoms with Crippen LogP contribution in [0.2, 0.25) is 0 Å². The van der Waals surface area contributed by atoms with Gasteiger partial charge in [0.1, 0.15) is 0 Å². The molecule has 0 heterocycles. The Balaban J connectivity index is 2.16. The summed E-state index contributed by atoms with van der Waals surface area (Å²) in [5.74, 6) is 0.993. The minimum Gasteiger partial charge on any atom is -0.327 e. The Hall–Kier alpha value is -0.0400. The number of fused-ring (bicyclic) bond motifs is 1. The first-order valence-electron chi connectivity index (χ1n) is 3.99. The highest BCUT2D eigenvalue weighted by Crippen LogP contribution is 2.56. The molecule has 1 nitrogen and oxygen atoms in total. The Morgan fingerprint density at radius 1 is 1.56 bits per heavy atom. The van der Waals surface area contributed by atoms with Gasteiger partial charge in [0.15, 0.2) is 0 Å². The fraction of sp³-hybridized carbons (Fsp3) is 1.00. The van der Waals surface area contributed by atoms with Gasteiger partial charge in [-0.3, -0.25) is 0 Å². The summed E-state index contributed by atoms with van der Waals surface area (Å²) in [7, 11) is 0. The van der Waals surface area contributed by atoms with Crippen LogP contribution in [0.4, 0.5) is 0 Å². The summed E-state index contributed by atoms with van der Waals surface area (Å²) in [4.78, 5) is 0. The second kappa shape index (κ2) is 1.51. The average molecular weight is 125 g/mol. The molecule has 0 aromatic carbocycles. The number of hydrogen-bond donors (Lipinski definition) is 1. The Kier molecular flexibility index (Phi) is 0.963. The van der Waals surface area contributed by atoms with Crippen LogP contribution >= 0.6 is 0 Å². The zero-order valence-corrected chi connectivity index (χ0v) is 6.06. The van der Waals surface area contributed by atoms with Gasteiger partial charge in [0.05, 0.1) is 0 Å². The largest absolute Gasteiger partial charge is 0.327 e. The van der Waals surface area contributed by atoms with E-state index < -0.39 is 0 Å². The first-order valence-corrected chi connectivity index (χ1v) is 3.99. The lowest BCUT2D eigenvalue weighted by Gasteiger charge is -2.48. The highest BCUT2D eigenvalue weighted by Gasteiger charge is 2.51. The molecule has 0 saturated heterocycles. The highest BCUT2D eigenvalue weighted by atomic mass is 14.8. The molecule has 0 spiro atoms. The van der Waals surface area contributed by atoms with Gasteiger partial charge in [0.2, 0.25) is 0 Å². The molecule has 0 amide bonds. The average Bonchev–Trinajstić information content (AvgIpc) is 2.11. The van der Waals surface area contributed by atoms with Crippen molar-refractivity contribution in [1.29, 1.82) is 0 Å². The summed E-state index contributed by atoms with van der Waals surface area (Å²) in [6.07, 6.45) is 5.56. The van der Waals surface area contributed by atoms with Gasteiger partial charge >= 0.3 is 0 Å². The van der Waals surface area contributed by atoms with Crippen molar-refractivity contribution in [1.82, 2.24) is 0 Å². The second-order valence-corrected chi connectivity index (χ2v) is 3.94. The number of hydrogen-bond acceptors (Lipinski definition) is 1. The van der Waals surface area contributed by atoms with Crippen LogP contribution in [0.15, 0.2) is 0 Å². The summed E-state index contributed by atoms with van der Waals surface area (Å²) in [6.45, 7) is 2.36. The summed E-state index contributed by atoms with van der Waals surface area (Å²) in [5.41, 5.74) is 6.47. The van der Waals surface area contributed by atoms with Gasteiger partial charge in [-0.05, 0) is 30.6 Å². The van der Waals surface area contributed by atoms with Crippen molar-refractivity contribution in [2.24, 2.45) is 17.1 Å². The molecule has 0 aromatic heterocycles. The Morgan fingerprint density at radius 3 is 2.78 bits per heavy atom. The van der Waals surface area contributed by atoms with E-state index in [1.165, 1.54) is 25.7 Å². The fourth-order valence-corrected chi connectivity index (χ4v) is 2.55. The molecule has 2 rings (SSSR count). The lowest BCUT2D eigenvalue weighted by molar-refractivity contribution is 0.0517. The molecule has 9 heavy (non-hydrogen) atoms. The third-order valence-electron chi connectivity index (χ3n) is 3.59. The van der Waals surface area contributed by atoms with Crippen molar-refractivity contribution in [2.75, 3.05) is 0 Å². The normalized spacial score (nSPS) is 56.7. The molecule has 2 aliphatic carbocycles. The van der Waals surface area contributed by atoms with E-state index in [0.717, 1.165) is 5.92 Å². The van der Waals surface area contributed by atoms with Crippen molar-refractivity contribution in [2.45, 2.75) is 38.6 Å². The van der Waals surface area contributed by atoms with Gasteiger partial charge in [-0.1, -0.05) is 13.3 Å². The first kappa shape index (κ1) is 5.72. The van der Waals surface area contributed by atoms with Gasteiger partial charge in [0.25, 0.3) is 0 Å². The maximum absolute atomic E-state index is 5.90. The predicted molar refractivity (Wildman–Crippen MR) is 38.0 cm³/mol. The van der Waals surface area contributed by atoms with Crippen molar-refractivity contribution < 1.29 is 0 Å². The Bertz CT molecular complexity index is 133. The molecule has 3 unspecified atom stereocenters. The molecule has 2 aliphatic rings. The van der Waals surface area contributed by atoms with Gasteiger partial charge in [-0.15, -0.1) is 0 Å². The van der Waals surface area contributed by atoms with Crippen LogP contribution in [0, 0.1) is 11.3 Å². The number of rotatable bonds is 0. The van der Waals surface area contributed by atoms with E-state index in [4.69, 9.17) is 5.73 Å². The van der Waals surface area contributed by atoms with E-state index >= 15 is 0 Å². The minimum atomic E-state index is 0.532. The number of nitrogens with two attached hydrogens (primary N) is 1. The maximum Gasteiger partial charge on any atom is 0.00984 e. The molecule has 0 bridgehead atoms. The third kappa shape index (κ3) is 0.536. The van der Waals surface area contributed by atoms with E-state index in [1.807, 2.05) is 0 Å². The summed E-state index contributed by atoms with van der Waals surface area (Å²) in [6, 6.07) is 0.532. The summed E-state index contributed by atoms with van der Waals surface area (Å²) < 4.78 is 0. The van der Waals surface area contributed by atoms with Crippen LogP contribution in [0.3, 0.4) is 0 Å². The quantitative estimate of drug-likeness (QED) is 0.522. The van der Waals surface area contributed by atoms with Gasteiger partial charge in [-0.25, -0.2) is 0 Å². The van der Waals surface area contributed by atoms with Crippen LogP contribution in [-0.4, -0.2) is 6.04 Å². The van der Waals surface area contributed by atoms with Crippen molar-refractivity contribution in [3.05, 3.63) is 0 Å². The highest BCUT2D eigenvalue weighted by molar-refractivity contribution is 5.05. The van der Waals surface area contributed by atoms with E-state index in [1.54, 1.807) is 0 Å². The predicted octanol–water partition coefficient (Wildman–Crippen LogP) is 1.52. The maximum atomic E-state index is 5.90. The minimum absolute atomic E-state index is 0.532. The monoisotopic (exact) mass is 125 g/mol. The van der Waals surface area contributed by atoms with Gasteiger partial charge < -0.3 is 5.73 Å². The van der Waals surface area contributed by atoms with Crippen LogP contribution in [-0.2, 0) is 0 Å². The topological polar surface area (TPSA) is 26.0 Å². The van der Waals surface area contributed by atoms with Crippen molar-refractivity contribution in [3.8, 4) is 0 Å². The zero-order chi connectivity index (χ0) is 6.48. The molecule has 2 fully saturated rings. The van der Waals surface area contributed by atoms with E-state index in [0.29, 0.717) is 11.5 Å². The molecule has 1 heteroatoms. The standard InChI is InChI=1S/C8H15N/c1-8-4-2-3-6(8)5-7(8)9/h6-7H,2-5,9H2,1H3. The molecule has 52 valence electrons. The first-order chi connectivity index (χ1) is 4.23. The van der Waals surface area contributed by atoms with Crippen LogP contribution in [0.25, 0.3) is 0 Å². The lowest BCUT2D eigenvalue weighted by Crippen LogP contribution is -2.53. The molecule has 0 radical (unpaired) electrons. The van der Waals surface area contributed by atoms with E-state index in [-0.39, 0.29) is 0 Å². The van der Waals surface area contributed by atoms with Crippen molar-refractivity contribution in [3.63, 3.8) is 0 Å².